The Morgan fingerprint density at radius 1 is 0.644 bits per heavy atom. The van der Waals surface area contributed by atoms with Crippen molar-refractivity contribution in [2.24, 2.45) is 5.73 Å². The highest BCUT2D eigenvalue weighted by molar-refractivity contribution is 5.88. The van der Waals surface area contributed by atoms with Crippen molar-refractivity contribution >= 4 is 66.9 Å². The van der Waals surface area contributed by atoms with Gasteiger partial charge in [0, 0.05) is 50.0 Å². The number of benzene rings is 2. The van der Waals surface area contributed by atoms with Gasteiger partial charge in [0.1, 0.15) is 16.7 Å². The second-order valence-electron chi connectivity index (χ2n) is 14.6. The Hall–Kier alpha value is -5.97. The Kier molecular flexibility index (Phi) is 20.8. The maximum Gasteiger partial charge on any atom is 0.408 e. The van der Waals surface area contributed by atoms with Crippen LogP contribution in [0.3, 0.4) is 0 Å². The number of rotatable bonds is 15. The van der Waals surface area contributed by atoms with Gasteiger partial charge >= 0.3 is 30.0 Å². The fourth-order valence-electron chi connectivity index (χ4n) is 4.33. The first-order valence-corrected chi connectivity index (χ1v) is 17.7. The van der Waals surface area contributed by atoms with Crippen LogP contribution in [0.25, 0.3) is 12.2 Å². The van der Waals surface area contributed by atoms with Crippen LogP contribution >= 0.6 is 24.8 Å². The number of alkyl carbamates (subject to hydrolysis) is 1. The molecular weight excluding hydrogens is 807 g/mol. The molecule has 2 aromatic carbocycles. The molecular formula is C41H52Cl2N6O10. The molecule has 2 heterocycles. The van der Waals surface area contributed by atoms with Crippen LogP contribution in [0.4, 0.5) is 4.79 Å². The second kappa shape index (κ2) is 24.1. The maximum absolute atomic E-state index is 12.2. The number of nitrogens with one attached hydrogen (secondary N) is 1. The zero-order chi connectivity index (χ0) is 42.1. The summed E-state index contributed by atoms with van der Waals surface area (Å²) in [6, 6.07) is 15.4. The molecule has 0 spiro atoms. The van der Waals surface area contributed by atoms with E-state index in [1.54, 1.807) is 58.0 Å². The molecule has 4 aromatic rings. The van der Waals surface area contributed by atoms with E-state index in [0.29, 0.717) is 6.54 Å². The van der Waals surface area contributed by atoms with Crippen LogP contribution in [0.2, 0.25) is 0 Å². The molecule has 4 rings (SSSR count). The lowest BCUT2D eigenvalue weighted by Gasteiger charge is -2.26. The Bertz CT molecular complexity index is 1970. The molecule has 0 aliphatic rings. The van der Waals surface area contributed by atoms with Crippen molar-refractivity contribution in [1.82, 2.24) is 24.4 Å². The van der Waals surface area contributed by atoms with Crippen molar-refractivity contribution < 1.29 is 47.7 Å². The number of nitrogens with zero attached hydrogens (tertiary/aromatic N) is 4. The molecule has 59 heavy (non-hydrogen) atoms. The fraction of sp³-hybridized carbons (Fsp3) is 0.341. The normalized spacial score (nSPS) is 11.3. The standard InChI is InChI=1S/C23H29N3O6.C18H21N3O4.2ClH/c1-22(2,3)32-21(29)25-23(4,5)20(28)31-16-30-19(27)11-10-17-6-8-18(9-7-17)14-26-13-12-24-15-26;1-18(2,19)17(23)25-13-24-16(22)8-7-14-3-5-15(6-4-14)11-21-10-9-20-12-21;;/h6-13,15H,14,16H2,1-5H3,(H,25,29);3-10,12H,11,13,19H2,1-2H3;2*1H/b11-10+;8-7+;;. The highest BCUT2D eigenvalue weighted by Gasteiger charge is 2.33. The molecule has 0 fully saturated rings. The van der Waals surface area contributed by atoms with Crippen molar-refractivity contribution in [1.29, 1.82) is 0 Å². The number of nitrogens with two attached hydrogens (primary N) is 1. The predicted octanol–water partition coefficient (Wildman–Crippen LogP) is 5.86. The molecule has 0 aliphatic heterocycles. The number of halogens is 2. The van der Waals surface area contributed by atoms with E-state index < -0.39 is 60.2 Å². The van der Waals surface area contributed by atoms with Crippen LogP contribution in [0, 0.1) is 0 Å². The van der Waals surface area contributed by atoms with E-state index in [-0.39, 0.29) is 24.8 Å². The number of esters is 4. The average molecular weight is 860 g/mol. The van der Waals surface area contributed by atoms with E-state index in [1.807, 2.05) is 70.1 Å². The lowest BCUT2D eigenvalue weighted by atomic mass is 10.1. The summed E-state index contributed by atoms with van der Waals surface area (Å²) < 4.78 is 28.4. The average Bonchev–Trinajstić information content (AvgIpc) is 3.85. The quantitative estimate of drug-likeness (QED) is 0.0623. The highest BCUT2D eigenvalue weighted by Crippen LogP contribution is 2.12. The van der Waals surface area contributed by atoms with Crippen molar-refractivity contribution in [3.63, 3.8) is 0 Å². The molecule has 2 aromatic heterocycles. The van der Waals surface area contributed by atoms with Crippen LogP contribution in [0.5, 0.6) is 0 Å². The van der Waals surface area contributed by atoms with E-state index in [1.165, 1.54) is 39.8 Å². The van der Waals surface area contributed by atoms with Gasteiger partial charge in [0.15, 0.2) is 0 Å². The number of imidazole rings is 2. The summed E-state index contributed by atoms with van der Waals surface area (Å²) in [5.74, 6) is -2.69. The third kappa shape index (κ3) is 20.3. The second-order valence-corrected chi connectivity index (χ2v) is 14.6. The zero-order valence-electron chi connectivity index (χ0n) is 34.0. The van der Waals surface area contributed by atoms with Gasteiger partial charge in [-0.2, -0.15) is 0 Å². The molecule has 0 saturated carbocycles. The number of hydrogen-bond donors (Lipinski definition) is 2. The van der Waals surface area contributed by atoms with Gasteiger partial charge in [0.05, 0.1) is 12.7 Å². The largest absolute Gasteiger partial charge is 0.444 e. The Balaban J connectivity index is 0.000000586. The predicted molar refractivity (Wildman–Crippen MR) is 224 cm³/mol. The Morgan fingerprint density at radius 3 is 1.41 bits per heavy atom. The van der Waals surface area contributed by atoms with Crippen molar-refractivity contribution in [2.45, 2.75) is 78.2 Å². The highest BCUT2D eigenvalue weighted by atomic mass is 35.5. The van der Waals surface area contributed by atoms with Crippen molar-refractivity contribution in [3.05, 3.63) is 120 Å². The molecule has 16 nitrogen and oxygen atoms in total. The van der Waals surface area contributed by atoms with Gasteiger partial charge < -0.3 is 43.9 Å². The monoisotopic (exact) mass is 858 g/mol. The number of carbonyl (C=O) groups is 5. The third-order valence-corrected chi connectivity index (χ3v) is 7.26. The van der Waals surface area contributed by atoms with E-state index in [0.717, 1.165) is 28.8 Å². The molecule has 320 valence electrons. The van der Waals surface area contributed by atoms with Crippen LogP contribution in [0.15, 0.2) is 98.1 Å². The van der Waals surface area contributed by atoms with E-state index in [2.05, 4.69) is 15.3 Å². The van der Waals surface area contributed by atoms with Crippen molar-refractivity contribution in [3.8, 4) is 0 Å². The van der Waals surface area contributed by atoms with E-state index in [4.69, 9.17) is 29.4 Å². The fourth-order valence-corrected chi connectivity index (χ4v) is 4.33. The summed E-state index contributed by atoms with van der Waals surface area (Å²) in [5, 5.41) is 2.42. The molecule has 0 atom stereocenters. The molecule has 3 N–H and O–H groups in total. The number of hydrogen-bond acceptors (Lipinski definition) is 13. The number of amides is 1. The molecule has 0 radical (unpaired) electrons. The first kappa shape index (κ1) is 51.0. The molecule has 0 bridgehead atoms. The number of aromatic nitrogens is 4. The zero-order valence-corrected chi connectivity index (χ0v) is 35.6. The van der Waals surface area contributed by atoms with Gasteiger partial charge in [-0.3, -0.25) is 0 Å². The van der Waals surface area contributed by atoms with Crippen LogP contribution in [0.1, 0.15) is 70.7 Å². The lowest BCUT2D eigenvalue weighted by Crippen LogP contribution is -2.52. The third-order valence-electron chi connectivity index (χ3n) is 7.26. The summed E-state index contributed by atoms with van der Waals surface area (Å²) in [6.45, 7) is 11.4. The molecule has 18 heteroatoms. The number of ether oxygens (including phenoxy) is 5. The first-order valence-electron chi connectivity index (χ1n) is 17.7. The summed E-state index contributed by atoms with van der Waals surface area (Å²) in [7, 11) is 0. The maximum atomic E-state index is 12.2. The van der Waals surface area contributed by atoms with Crippen LogP contribution < -0.4 is 11.1 Å². The molecule has 0 aliphatic carbocycles. The van der Waals surface area contributed by atoms with Crippen LogP contribution in [-0.4, -0.2) is 79.3 Å². The summed E-state index contributed by atoms with van der Waals surface area (Å²) >= 11 is 0. The van der Waals surface area contributed by atoms with Gasteiger partial charge in [-0.1, -0.05) is 48.5 Å². The van der Waals surface area contributed by atoms with E-state index in [9.17, 15) is 24.0 Å². The lowest BCUT2D eigenvalue weighted by molar-refractivity contribution is -0.169. The van der Waals surface area contributed by atoms with Gasteiger partial charge in [-0.05, 0) is 82.9 Å². The van der Waals surface area contributed by atoms with Gasteiger partial charge in [0.2, 0.25) is 13.6 Å². The van der Waals surface area contributed by atoms with E-state index >= 15 is 0 Å². The summed E-state index contributed by atoms with van der Waals surface area (Å²) in [6.07, 6.45) is 15.7. The first-order chi connectivity index (χ1) is 26.8. The SMILES string of the molecule is CC(C)(C)OC(=O)NC(C)(C)C(=O)OCOC(=O)/C=C/c1ccc(Cn2ccnc2)cc1.CC(C)(N)C(=O)OCOC(=O)/C=C/c1ccc(Cn2ccnc2)cc1.Cl.Cl. The number of carbonyl (C=O) groups excluding carboxylic acids is 5. The minimum Gasteiger partial charge on any atom is -0.444 e. The van der Waals surface area contributed by atoms with Gasteiger partial charge in [0.25, 0.3) is 0 Å². The minimum absolute atomic E-state index is 0. The smallest absolute Gasteiger partial charge is 0.408 e. The Labute approximate surface area is 355 Å². The molecule has 0 saturated heterocycles. The minimum atomic E-state index is -1.36. The Morgan fingerprint density at radius 2 is 1.05 bits per heavy atom. The van der Waals surface area contributed by atoms with Crippen molar-refractivity contribution in [2.75, 3.05) is 13.6 Å². The topological polar surface area (TPSA) is 205 Å². The van der Waals surface area contributed by atoms with Gasteiger partial charge in [-0.15, -0.1) is 24.8 Å². The molecule has 0 unspecified atom stereocenters. The van der Waals surface area contributed by atoms with Gasteiger partial charge in [-0.25, -0.2) is 33.9 Å². The summed E-state index contributed by atoms with van der Waals surface area (Å²) in [4.78, 5) is 66.9. The van der Waals surface area contributed by atoms with Crippen LogP contribution in [-0.2, 0) is 56.0 Å². The summed E-state index contributed by atoms with van der Waals surface area (Å²) in [5.41, 5.74) is 6.25. The molecule has 1 amide bonds.